The van der Waals surface area contributed by atoms with Crippen molar-refractivity contribution in [1.82, 2.24) is 0 Å². The summed E-state index contributed by atoms with van der Waals surface area (Å²) < 4.78 is 25.5. The van der Waals surface area contributed by atoms with Crippen LogP contribution in [-0.4, -0.2) is 44.3 Å². The fraction of sp³-hybridized carbons (Fsp3) is 0.200. The van der Waals surface area contributed by atoms with E-state index >= 15 is 0 Å². The number of hydrogen-bond acceptors (Lipinski definition) is 9. The van der Waals surface area contributed by atoms with Crippen molar-refractivity contribution in [2.75, 3.05) is 27.6 Å². The van der Waals surface area contributed by atoms with Gasteiger partial charge in [0, 0.05) is 6.08 Å². The molecule has 0 aliphatic carbocycles. The molecule has 0 amide bonds. The second-order valence-electron chi connectivity index (χ2n) is 5.95. The van der Waals surface area contributed by atoms with Crippen molar-refractivity contribution < 1.29 is 38.2 Å². The Kier molecular flexibility index (Phi) is 6.16. The zero-order valence-corrected chi connectivity index (χ0v) is 16.1. The number of Topliss-reactive ketones (excluding diaryl/α,β-unsaturated/α-hetero) is 1. The summed E-state index contributed by atoms with van der Waals surface area (Å²) in [6, 6.07) is 7.26. The maximum absolute atomic E-state index is 12.4. The van der Waals surface area contributed by atoms with E-state index in [1.54, 1.807) is 12.1 Å². The van der Waals surface area contributed by atoms with Gasteiger partial charge in [0.15, 0.2) is 18.1 Å². The number of nitro benzene ring substituents is 1. The predicted octanol–water partition coefficient (Wildman–Crippen LogP) is 2.78. The minimum absolute atomic E-state index is 0.0441. The molecule has 3 rings (SSSR count). The van der Waals surface area contributed by atoms with Crippen molar-refractivity contribution in [2.24, 2.45) is 0 Å². The van der Waals surface area contributed by atoms with E-state index in [0.29, 0.717) is 17.2 Å². The van der Waals surface area contributed by atoms with Crippen LogP contribution in [0.15, 0.2) is 36.4 Å². The Balaban J connectivity index is 1.69. The van der Waals surface area contributed by atoms with Gasteiger partial charge in [-0.05, 0) is 30.3 Å². The van der Waals surface area contributed by atoms with Crippen LogP contribution < -0.4 is 18.9 Å². The molecule has 2 aromatic carbocycles. The number of hydrogen-bond donors (Lipinski definition) is 0. The van der Waals surface area contributed by atoms with E-state index in [2.05, 4.69) is 0 Å². The number of nitrogens with zero attached hydrogens (tertiary/aromatic N) is 1. The number of benzene rings is 2. The van der Waals surface area contributed by atoms with E-state index in [9.17, 15) is 19.7 Å². The monoisotopic (exact) mass is 415 g/mol. The Morgan fingerprint density at radius 1 is 1.13 bits per heavy atom. The topological polar surface area (TPSA) is 123 Å². The molecule has 1 heterocycles. The third-order valence-electron chi connectivity index (χ3n) is 4.17. The van der Waals surface area contributed by atoms with Crippen molar-refractivity contribution in [2.45, 2.75) is 0 Å². The highest BCUT2D eigenvalue weighted by Gasteiger charge is 2.22. The van der Waals surface area contributed by atoms with Gasteiger partial charge in [-0.3, -0.25) is 14.9 Å². The molecule has 1 aliphatic heterocycles. The number of ketones is 1. The van der Waals surface area contributed by atoms with Crippen LogP contribution >= 0.6 is 0 Å². The van der Waals surface area contributed by atoms with E-state index in [1.165, 1.54) is 38.5 Å². The largest absolute Gasteiger partial charge is 0.497 e. The predicted molar refractivity (Wildman–Crippen MR) is 103 cm³/mol. The van der Waals surface area contributed by atoms with Gasteiger partial charge in [0.2, 0.25) is 12.6 Å². The third-order valence-corrected chi connectivity index (χ3v) is 4.17. The van der Waals surface area contributed by atoms with E-state index in [-0.39, 0.29) is 29.4 Å². The number of rotatable bonds is 8. The lowest BCUT2D eigenvalue weighted by atomic mass is 10.1. The molecule has 0 fully saturated rings. The molecule has 0 bridgehead atoms. The number of carbonyl (C=O) groups excluding carboxylic acids is 2. The highest BCUT2D eigenvalue weighted by molar-refractivity contribution is 6.01. The quantitative estimate of drug-likeness (QED) is 0.210. The first-order chi connectivity index (χ1) is 14.4. The molecule has 0 aromatic heterocycles. The average molecular weight is 415 g/mol. The lowest BCUT2D eigenvalue weighted by molar-refractivity contribution is -0.385. The van der Waals surface area contributed by atoms with Crippen LogP contribution in [0.2, 0.25) is 0 Å². The first-order valence-corrected chi connectivity index (χ1v) is 8.61. The molecule has 0 unspecified atom stereocenters. The molecule has 156 valence electrons. The second-order valence-corrected chi connectivity index (χ2v) is 5.95. The molecule has 0 saturated carbocycles. The zero-order valence-electron chi connectivity index (χ0n) is 16.1. The van der Waals surface area contributed by atoms with Gasteiger partial charge in [-0.15, -0.1) is 0 Å². The minimum Gasteiger partial charge on any atom is -0.497 e. The molecule has 10 heteroatoms. The van der Waals surface area contributed by atoms with Gasteiger partial charge in [-0.2, -0.15) is 0 Å². The standard InChI is InChI=1S/C20H17NO9/c1-26-13-4-5-17(27-2)14(8-13)16(22)10-28-20(23)6-3-12-7-18-19(30-11-29-18)9-15(12)21(24)25/h3-9H,10-11H2,1-2H3/b6-3+. The third kappa shape index (κ3) is 4.49. The summed E-state index contributed by atoms with van der Waals surface area (Å²) in [6.07, 6.45) is 2.19. The molecule has 10 nitrogen and oxygen atoms in total. The lowest BCUT2D eigenvalue weighted by Crippen LogP contribution is -2.13. The van der Waals surface area contributed by atoms with Gasteiger partial charge >= 0.3 is 5.97 Å². The highest BCUT2D eigenvalue weighted by Crippen LogP contribution is 2.38. The van der Waals surface area contributed by atoms with Crippen LogP contribution in [0.4, 0.5) is 5.69 Å². The van der Waals surface area contributed by atoms with E-state index < -0.39 is 23.3 Å². The summed E-state index contributed by atoms with van der Waals surface area (Å²) in [5.41, 5.74) is 0.0579. The summed E-state index contributed by atoms with van der Waals surface area (Å²) in [7, 11) is 2.86. The second kappa shape index (κ2) is 8.95. The lowest BCUT2D eigenvalue weighted by Gasteiger charge is -2.09. The molecule has 0 atom stereocenters. The SMILES string of the molecule is COc1ccc(OC)c(C(=O)COC(=O)/C=C/c2cc3c(cc2[N+](=O)[O-])OCO3)c1. The molecule has 0 radical (unpaired) electrons. The number of esters is 1. The summed E-state index contributed by atoms with van der Waals surface area (Å²) in [4.78, 5) is 35.0. The number of fused-ring (bicyclic) bond motifs is 1. The van der Waals surface area contributed by atoms with Gasteiger partial charge in [0.1, 0.15) is 11.5 Å². The maximum Gasteiger partial charge on any atom is 0.331 e. The Bertz CT molecular complexity index is 1030. The molecule has 0 spiro atoms. The molecular weight excluding hydrogens is 398 g/mol. The van der Waals surface area contributed by atoms with Crippen molar-refractivity contribution in [3.63, 3.8) is 0 Å². The van der Waals surface area contributed by atoms with E-state index in [1.807, 2.05) is 0 Å². The minimum atomic E-state index is -0.850. The normalized spacial score (nSPS) is 11.9. The Morgan fingerprint density at radius 2 is 1.87 bits per heavy atom. The first-order valence-electron chi connectivity index (χ1n) is 8.61. The summed E-state index contributed by atoms with van der Waals surface area (Å²) in [5, 5.41) is 11.2. The number of nitro groups is 1. The van der Waals surface area contributed by atoms with Crippen LogP contribution in [0.5, 0.6) is 23.0 Å². The molecule has 1 aliphatic rings. The molecule has 2 aromatic rings. The maximum atomic E-state index is 12.4. The Morgan fingerprint density at radius 3 is 2.53 bits per heavy atom. The van der Waals surface area contributed by atoms with Gasteiger partial charge in [0.25, 0.3) is 5.69 Å². The van der Waals surface area contributed by atoms with Crippen LogP contribution in [0, 0.1) is 10.1 Å². The smallest absolute Gasteiger partial charge is 0.331 e. The van der Waals surface area contributed by atoms with Gasteiger partial charge in [0.05, 0.1) is 36.3 Å². The van der Waals surface area contributed by atoms with Crippen molar-refractivity contribution in [1.29, 1.82) is 0 Å². The van der Waals surface area contributed by atoms with Gasteiger partial charge in [-0.1, -0.05) is 0 Å². The van der Waals surface area contributed by atoms with Gasteiger partial charge in [-0.25, -0.2) is 4.79 Å². The van der Waals surface area contributed by atoms with Crippen molar-refractivity contribution in [3.8, 4) is 23.0 Å². The summed E-state index contributed by atoms with van der Waals surface area (Å²) in [6.45, 7) is -0.590. The van der Waals surface area contributed by atoms with Crippen LogP contribution in [-0.2, 0) is 9.53 Å². The highest BCUT2D eigenvalue weighted by atomic mass is 16.7. The van der Waals surface area contributed by atoms with Crippen molar-refractivity contribution >= 4 is 23.5 Å². The Labute approximate surface area is 170 Å². The zero-order chi connectivity index (χ0) is 21.7. The first kappa shape index (κ1) is 20.6. The van der Waals surface area contributed by atoms with Crippen LogP contribution in [0.25, 0.3) is 6.08 Å². The van der Waals surface area contributed by atoms with Crippen LogP contribution in [0.3, 0.4) is 0 Å². The van der Waals surface area contributed by atoms with Crippen LogP contribution in [0.1, 0.15) is 15.9 Å². The fourth-order valence-electron chi connectivity index (χ4n) is 2.69. The van der Waals surface area contributed by atoms with Gasteiger partial charge < -0.3 is 23.7 Å². The molecule has 0 N–H and O–H groups in total. The molecule has 0 saturated heterocycles. The fourth-order valence-corrected chi connectivity index (χ4v) is 2.69. The number of ether oxygens (including phenoxy) is 5. The molecular formula is C20H17NO9. The van der Waals surface area contributed by atoms with E-state index in [0.717, 1.165) is 6.08 Å². The average Bonchev–Trinajstić information content (AvgIpc) is 3.22. The van der Waals surface area contributed by atoms with Crippen molar-refractivity contribution in [3.05, 3.63) is 57.6 Å². The molecule has 30 heavy (non-hydrogen) atoms. The number of carbonyl (C=O) groups is 2. The summed E-state index contributed by atoms with van der Waals surface area (Å²) in [5.74, 6) is -0.0178. The Hall–Kier alpha value is -4.08. The van der Waals surface area contributed by atoms with E-state index in [4.69, 9.17) is 23.7 Å². The summed E-state index contributed by atoms with van der Waals surface area (Å²) >= 11 is 0. The number of methoxy groups -OCH3 is 2.